The van der Waals surface area contributed by atoms with E-state index in [4.69, 9.17) is 16.7 Å². The molecule has 1 saturated heterocycles. The SMILES string of the molecule is Cc1ccccc1-n1nc(C)c2cc(C(=O)N3CCN([C@@H](c4ccccc4)c4ccc(Cl)cc4)CC3)sc21. The summed E-state index contributed by atoms with van der Waals surface area (Å²) in [7, 11) is 0. The van der Waals surface area contributed by atoms with Crippen molar-refractivity contribution in [3.63, 3.8) is 0 Å². The molecule has 7 heteroatoms. The van der Waals surface area contributed by atoms with Crippen LogP contribution in [0.25, 0.3) is 15.9 Å². The maximum Gasteiger partial charge on any atom is 0.264 e. The molecule has 2 aromatic heterocycles. The van der Waals surface area contributed by atoms with Gasteiger partial charge >= 0.3 is 0 Å². The fraction of sp³-hybridized carbons (Fsp3) is 0.226. The monoisotopic (exact) mass is 540 g/mol. The second kappa shape index (κ2) is 10.4. The van der Waals surface area contributed by atoms with Crippen LogP contribution in [0.3, 0.4) is 0 Å². The van der Waals surface area contributed by atoms with Gasteiger partial charge in [-0.3, -0.25) is 9.69 Å². The zero-order valence-electron chi connectivity index (χ0n) is 21.5. The summed E-state index contributed by atoms with van der Waals surface area (Å²) in [4.78, 5) is 19.9. The molecule has 0 radical (unpaired) electrons. The standard InChI is InChI=1S/C31H29ClN4OS/c1-21-8-6-7-11-27(21)36-31-26(22(2)33-36)20-28(38-31)30(37)35-18-16-34(17-19-35)29(23-9-4-3-5-10-23)24-12-14-25(32)15-13-24/h3-15,20,29H,16-19H2,1-2H3/t29-/m0/s1. The summed E-state index contributed by atoms with van der Waals surface area (Å²) in [5.74, 6) is 0.101. The second-order valence-electron chi connectivity index (χ2n) is 9.81. The molecule has 5 nitrogen and oxygen atoms in total. The number of fused-ring (bicyclic) bond motifs is 1. The van der Waals surface area contributed by atoms with Crippen molar-refractivity contribution in [2.45, 2.75) is 19.9 Å². The molecule has 192 valence electrons. The van der Waals surface area contributed by atoms with Crippen molar-refractivity contribution in [2.24, 2.45) is 0 Å². The molecule has 1 atom stereocenters. The Bertz CT molecular complexity index is 1580. The summed E-state index contributed by atoms with van der Waals surface area (Å²) in [5, 5.41) is 6.56. The van der Waals surface area contributed by atoms with Gasteiger partial charge in [-0.15, -0.1) is 11.3 Å². The minimum atomic E-state index is 0.101. The maximum atomic E-state index is 13.6. The van der Waals surface area contributed by atoms with Gasteiger partial charge in [0.1, 0.15) is 4.83 Å². The Morgan fingerprint density at radius 1 is 0.868 bits per heavy atom. The van der Waals surface area contributed by atoms with E-state index in [9.17, 15) is 4.79 Å². The molecule has 0 N–H and O–H groups in total. The molecule has 3 aromatic carbocycles. The van der Waals surface area contributed by atoms with Crippen LogP contribution < -0.4 is 0 Å². The minimum absolute atomic E-state index is 0.101. The van der Waals surface area contributed by atoms with Gasteiger partial charge in [-0.1, -0.05) is 72.3 Å². The number of benzene rings is 3. The molecule has 5 aromatic rings. The Balaban J connectivity index is 1.23. The van der Waals surface area contributed by atoms with E-state index in [1.165, 1.54) is 22.5 Å². The Hall–Kier alpha value is -3.45. The van der Waals surface area contributed by atoms with Gasteiger partial charge in [-0.2, -0.15) is 5.10 Å². The van der Waals surface area contributed by atoms with Gasteiger partial charge in [-0.05, 0) is 54.8 Å². The first-order valence-electron chi connectivity index (χ1n) is 12.9. The van der Waals surface area contributed by atoms with E-state index in [0.717, 1.165) is 50.2 Å². The van der Waals surface area contributed by atoms with Crippen molar-refractivity contribution in [1.29, 1.82) is 0 Å². The van der Waals surface area contributed by atoms with Crippen LogP contribution in [0.15, 0.2) is 84.9 Å². The van der Waals surface area contributed by atoms with Crippen LogP contribution in [0, 0.1) is 13.8 Å². The number of halogens is 1. The van der Waals surface area contributed by atoms with Gasteiger partial charge in [-0.25, -0.2) is 4.68 Å². The molecule has 0 spiro atoms. The van der Waals surface area contributed by atoms with Crippen LogP contribution in [0.1, 0.15) is 38.1 Å². The number of hydrogen-bond acceptors (Lipinski definition) is 4. The van der Waals surface area contributed by atoms with Crippen LogP contribution >= 0.6 is 22.9 Å². The molecule has 1 aliphatic rings. The first-order valence-corrected chi connectivity index (χ1v) is 14.1. The average molecular weight is 541 g/mol. The van der Waals surface area contributed by atoms with Gasteiger partial charge in [0, 0.05) is 36.6 Å². The minimum Gasteiger partial charge on any atom is -0.335 e. The third kappa shape index (κ3) is 4.64. The lowest BCUT2D eigenvalue weighted by Gasteiger charge is -2.39. The zero-order chi connectivity index (χ0) is 26.2. The molecular formula is C31H29ClN4OS. The highest BCUT2D eigenvalue weighted by molar-refractivity contribution is 7.20. The van der Waals surface area contributed by atoms with Gasteiger partial charge in [0.2, 0.25) is 0 Å². The second-order valence-corrected chi connectivity index (χ2v) is 11.3. The summed E-state index contributed by atoms with van der Waals surface area (Å²) >= 11 is 7.72. The highest BCUT2D eigenvalue weighted by Crippen LogP contribution is 2.33. The lowest BCUT2D eigenvalue weighted by Crippen LogP contribution is -2.49. The fourth-order valence-corrected chi connectivity index (χ4v) is 6.62. The highest BCUT2D eigenvalue weighted by atomic mass is 35.5. The predicted octanol–water partition coefficient (Wildman–Crippen LogP) is 6.90. The Kier molecular flexibility index (Phi) is 6.78. The number of nitrogens with zero attached hydrogens (tertiary/aromatic N) is 4. The number of aromatic nitrogens is 2. The topological polar surface area (TPSA) is 41.4 Å². The number of piperazine rings is 1. The summed E-state index contributed by atoms with van der Waals surface area (Å²) in [6, 6.07) is 29.0. The van der Waals surface area contributed by atoms with Crippen LogP contribution in [0.5, 0.6) is 0 Å². The van der Waals surface area contributed by atoms with E-state index in [0.29, 0.717) is 13.1 Å². The molecule has 0 unspecified atom stereocenters. The van der Waals surface area contributed by atoms with Crippen LogP contribution in [-0.2, 0) is 0 Å². The lowest BCUT2D eigenvalue weighted by atomic mass is 9.96. The normalized spacial score (nSPS) is 15.2. The van der Waals surface area contributed by atoms with E-state index in [-0.39, 0.29) is 11.9 Å². The average Bonchev–Trinajstić information content (AvgIpc) is 3.51. The smallest absolute Gasteiger partial charge is 0.264 e. The molecular weight excluding hydrogens is 512 g/mol. The first kappa shape index (κ1) is 24.9. The van der Waals surface area contributed by atoms with E-state index in [1.807, 2.05) is 52.9 Å². The number of para-hydroxylation sites is 1. The lowest BCUT2D eigenvalue weighted by molar-refractivity contribution is 0.0602. The van der Waals surface area contributed by atoms with Crippen molar-refractivity contribution in [1.82, 2.24) is 19.6 Å². The fourth-order valence-electron chi connectivity index (χ4n) is 5.35. The summed E-state index contributed by atoms with van der Waals surface area (Å²) in [6.45, 7) is 7.07. The Morgan fingerprint density at radius 2 is 1.53 bits per heavy atom. The van der Waals surface area contributed by atoms with E-state index >= 15 is 0 Å². The van der Waals surface area contributed by atoms with Gasteiger partial charge in [0.25, 0.3) is 5.91 Å². The quantitative estimate of drug-likeness (QED) is 0.243. The van der Waals surface area contributed by atoms with E-state index < -0.39 is 0 Å². The number of amides is 1. The van der Waals surface area contributed by atoms with Crippen molar-refractivity contribution in [3.05, 3.63) is 117 Å². The number of thiophene rings is 1. The highest BCUT2D eigenvalue weighted by Gasteiger charge is 2.30. The van der Waals surface area contributed by atoms with Crippen LogP contribution in [0.4, 0.5) is 0 Å². The van der Waals surface area contributed by atoms with E-state index in [1.54, 1.807) is 0 Å². The molecule has 0 bridgehead atoms. The summed E-state index contributed by atoms with van der Waals surface area (Å²) in [5.41, 5.74) is 5.60. The zero-order valence-corrected chi connectivity index (χ0v) is 23.0. The third-order valence-corrected chi connectivity index (χ3v) is 8.72. The number of hydrogen-bond donors (Lipinski definition) is 0. The molecule has 1 aliphatic heterocycles. The Labute approximate surface area is 231 Å². The number of aryl methyl sites for hydroxylation is 2. The van der Waals surface area contributed by atoms with Crippen LogP contribution in [-0.4, -0.2) is 51.7 Å². The molecule has 3 heterocycles. The number of rotatable bonds is 5. The van der Waals surface area contributed by atoms with Crippen molar-refractivity contribution in [2.75, 3.05) is 26.2 Å². The van der Waals surface area contributed by atoms with Crippen molar-refractivity contribution < 1.29 is 4.79 Å². The summed E-state index contributed by atoms with van der Waals surface area (Å²) in [6.07, 6.45) is 0. The molecule has 38 heavy (non-hydrogen) atoms. The number of carbonyl (C=O) groups excluding carboxylic acids is 1. The molecule has 1 amide bonds. The van der Waals surface area contributed by atoms with Crippen molar-refractivity contribution >= 4 is 39.1 Å². The van der Waals surface area contributed by atoms with Gasteiger partial charge in [0.15, 0.2) is 0 Å². The first-order chi connectivity index (χ1) is 18.5. The van der Waals surface area contributed by atoms with E-state index in [2.05, 4.69) is 60.4 Å². The Morgan fingerprint density at radius 3 is 2.24 bits per heavy atom. The molecule has 0 saturated carbocycles. The molecule has 6 rings (SSSR count). The van der Waals surface area contributed by atoms with Gasteiger partial charge in [0.05, 0.1) is 22.3 Å². The largest absolute Gasteiger partial charge is 0.335 e. The maximum absolute atomic E-state index is 13.6. The summed E-state index contributed by atoms with van der Waals surface area (Å²) < 4.78 is 1.98. The predicted molar refractivity (Wildman–Crippen MR) is 156 cm³/mol. The van der Waals surface area contributed by atoms with Crippen molar-refractivity contribution in [3.8, 4) is 5.69 Å². The van der Waals surface area contributed by atoms with Gasteiger partial charge < -0.3 is 4.90 Å². The number of carbonyl (C=O) groups is 1. The third-order valence-electron chi connectivity index (χ3n) is 7.37. The molecule has 1 fully saturated rings. The molecule has 0 aliphatic carbocycles. The van der Waals surface area contributed by atoms with Crippen LogP contribution in [0.2, 0.25) is 5.02 Å².